The fraction of sp³-hybridized carbons (Fsp3) is 0.308. The lowest BCUT2D eigenvalue weighted by atomic mass is 10.3. The van der Waals surface area contributed by atoms with Gasteiger partial charge >= 0.3 is 13.7 Å². The van der Waals surface area contributed by atoms with Crippen LogP contribution in [0.5, 0.6) is 0 Å². The summed E-state index contributed by atoms with van der Waals surface area (Å²) in [4.78, 5) is 16.1. The van der Waals surface area contributed by atoms with Crippen molar-refractivity contribution in [3.8, 4) is 6.07 Å². The van der Waals surface area contributed by atoms with Crippen LogP contribution in [0.25, 0.3) is 0 Å². The molecule has 0 aliphatic heterocycles. The molecule has 0 heterocycles. The lowest BCUT2D eigenvalue weighted by Crippen LogP contribution is -2.13. The van der Waals surface area contributed by atoms with Crippen molar-refractivity contribution in [2.75, 3.05) is 18.5 Å². The minimum absolute atomic E-state index is 0.0367. The predicted molar refractivity (Wildman–Crippen MR) is 85.5 cm³/mol. The smallest absolute Gasteiger partial charge is 0.304 e. The van der Waals surface area contributed by atoms with Gasteiger partial charge in [0, 0.05) is 10.7 Å². The molecule has 0 spiro atoms. The first-order chi connectivity index (χ1) is 10.9. The van der Waals surface area contributed by atoms with Gasteiger partial charge in [-0.25, -0.2) is 4.79 Å². The summed E-state index contributed by atoms with van der Waals surface area (Å²) in [6, 6.07) is 7.78. The molecule has 10 heteroatoms. The van der Waals surface area contributed by atoms with Crippen molar-refractivity contribution < 1.29 is 23.2 Å². The Morgan fingerprint density at radius 2 is 1.87 bits per heavy atom. The highest BCUT2D eigenvalue weighted by molar-refractivity contribution is 7.73. The van der Waals surface area contributed by atoms with Crippen LogP contribution in [0.4, 0.5) is 10.5 Å². The highest BCUT2D eigenvalue weighted by Gasteiger charge is 2.33. The number of anilines is 1. The summed E-state index contributed by atoms with van der Waals surface area (Å²) in [5.74, 6) is 0. The van der Waals surface area contributed by atoms with Crippen LogP contribution in [-0.4, -0.2) is 24.8 Å². The van der Waals surface area contributed by atoms with Crippen LogP contribution in [0.15, 0.2) is 29.4 Å². The van der Waals surface area contributed by atoms with E-state index in [9.17, 15) is 9.36 Å². The number of nitriles is 1. The molecule has 0 radical (unpaired) electrons. The zero-order chi connectivity index (χ0) is 17.3. The summed E-state index contributed by atoms with van der Waals surface area (Å²) in [6.07, 6.45) is -0.973. The van der Waals surface area contributed by atoms with Gasteiger partial charge in [0.25, 0.3) is 5.45 Å². The van der Waals surface area contributed by atoms with E-state index in [1.165, 1.54) is 0 Å². The molecule has 0 atom stereocenters. The maximum atomic E-state index is 12.3. The third kappa shape index (κ3) is 6.00. The molecular formula is C13H15ClN3O5P. The number of hydrogen-bond donors (Lipinski definition) is 1. The molecule has 1 aromatic rings. The van der Waals surface area contributed by atoms with E-state index in [2.05, 4.69) is 15.3 Å². The molecule has 0 unspecified atom stereocenters. The minimum atomic E-state index is -3.91. The van der Waals surface area contributed by atoms with Crippen molar-refractivity contribution in [2.24, 2.45) is 5.16 Å². The third-order valence-electron chi connectivity index (χ3n) is 2.26. The second-order valence-electron chi connectivity index (χ2n) is 3.87. The van der Waals surface area contributed by atoms with Crippen molar-refractivity contribution in [1.29, 1.82) is 5.26 Å². The normalized spacial score (nSPS) is 11.7. The molecule has 1 amide bonds. The summed E-state index contributed by atoms with van der Waals surface area (Å²) in [7, 11) is -3.91. The van der Waals surface area contributed by atoms with Gasteiger partial charge in [-0.1, -0.05) is 16.8 Å². The SMILES string of the molecule is CCOP(=O)(OCC)C(C#N)=NOC(=O)Nc1ccc(Cl)cc1. The standard InChI is InChI=1S/C13H15ClN3O5P/c1-3-20-23(19,21-4-2)12(9-15)17-22-13(18)16-11-7-5-10(14)6-8-11/h5-8H,3-4H2,1-2H3,(H,16,18). The molecule has 0 bridgehead atoms. The molecule has 0 aromatic heterocycles. The molecule has 0 aliphatic rings. The first-order valence-electron chi connectivity index (χ1n) is 6.56. The highest BCUT2D eigenvalue weighted by Crippen LogP contribution is 2.49. The zero-order valence-corrected chi connectivity index (χ0v) is 14.1. The molecular weight excluding hydrogens is 345 g/mol. The topological polar surface area (TPSA) is 110 Å². The van der Waals surface area contributed by atoms with E-state index in [1.807, 2.05) is 0 Å². The Morgan fingerprint density at radius 3 is 2.35 bits per heavy atom. The van der Waals surface area contributed by atoms with Gasteiger partial charge in [0.1, 0.15) is 6.07 Å². The Morgan fingerprint density at radius 1 is 1.30 bits per heavy atom. The van der Waals surface area contributed by atoms with Crippen LogP contribution in [0.2, 0.25) is 5.02 Å². The fourth-order valence-electron chi connectivity index (χ4n) is 1.39. The number of amides is 1. The van der Waals surface area contributed by atoms with Crippen molar-refractivity contribution in [2.45, 2.75) is 13.8 Å². The second-order valence-corrected chi connectivity index (χ2v) is 6.24. The van der Waals surface area contributed by atoms with E-state index in [0.717, 1.165) is 0 Å². The predicted octanol–water partition coefficient (Wildman–Crippen LogP) is 3.99. The Hall–Kier alpha value is -1.91. The third-order valence-corrected chi connectivity index (χ3v) is 4.41. The van der Waals surface area contributed by atoms with Crippen LogP contribution in [0.1, 0.15) is 13.8 Å². The molecule has 23 heavy (non-hydrogen) atoms. The summed E-state index contributed by atoms with van der Waals surface area (Å²) >= 11 is 5.72. The minimum Gasteiger partial charge on any atom is -0.304 e. The van der Waals surface area contributed by atoms with Crippen molar-refractivity contribution in [3.63, 3.8) is 0 Å². The van der Waals surface area contributed by atoms with Gasteiger partial charge in [0.05, 0.1) is 13.2 Å². The number of nitrogens with zero attached hydrogens (tertiary/aromatic N) is 2. The van der Waals surface area contributed by atoms with Gasteiger partial charge in [-0.15, -0.1) is 0 Å². The summed E-state index contributed by atoms with van der Waals surface area (Å²) in [5, 5.41) is 15.1. The molecule has 1 N–H and O–H groups in total. The number of benzene rings is 1. The van der Waals surface area contributed by atoms with Crippen LogP contribution >= 0.6 is 19.2 Å². The van der Waals surface area contributed by atoms with Gasteiger partial charge in [-0.2, -0.15) is 5.26 Å². The Bertz CT molecular complexity index is 647. The lowest BCUT2D eigenvalue weighted by Gasteiger charge is -2.13. The second kappa shape index (κ2) is 9.28. The summed E-state index contributed by atoms with van der Waals surface area (Å²) in [6.45, 7) is 3.23. The maximum absolute atomic E-state index is 12.3. The number of halogens is 1. The molecule has 124 valence electrons. The lowest BCUT2D eigenvalue weighted by molar-refractivity contribution is 0.166. The fourth-order valence-corrected chi connectivity index (χ4v) is 2.78. The zero-order valence-electron chi connectivity index (χ0n) is 12.5. The van der Waals surface area contributed by atoms with Crippen molar-refractivity contribution in [1.82, 2.24) is 0 Å². The van der Waals surface area contributed by atoms with Crippen LogP contribution in [-0.2, 0) is 18.5 Å². The molecule has 1 rings (SSSR count). The van der Waals surface area contributed by atoms with E-state index in [1.54, 1.807) is 44.2 Å². The van der Waals surface area contributed by atoms with E-state index in [-0.39, 0.29) is 13.2 Å². The van der Waals surface area contributed by atoms with Crippen LogP contribution in [0.3, 0.4) is 0 Å². The number of oxime groups is 1. The number of nitrogens with one attached hydrogen (secondary N) is 1. The Labute approximate surface area is 138 Å². The van der Waals surface area contributed by atoms with Crippen LogP contribution in [0, 0.1) is 11.3 Å². The largest absolute Gasteiger partial charge is 0.437 e. The first-order valence-corrected chi connectivity index (χ1v) is 8.48. The summed E-state index contributed by atoms with van der Waals surface area (Å²) in [5.41, 5.74) is -0.238. The summed E-state index contributed by atoms with van der Waals surface area (Å²) < 4.78 is 22.2. The van der Waals surface area contributed by atoms with Crippen molar-refractivity contribution in [3.05, 3.63) is 29.3 Å². The number of hydrogen-bond acceptors (Lipinski definition) is 7. The van der Waals surface area contributed by atoms with Gasteiger partial charge < -0.3 is 9.05 Å². The van der Waals surface area contributed by atoms with Crippen molar-refractivity contribution >= 4 is 36.4 Å². The quantitative estimate of drug-likeness (QED) is 0.341. The number of carbonyl (C=O) groups excluding carboxylic acids is 1. The average Bonchev–Trinajstić information content (AvgIpc) is 2.50. The molecule has 1 aromatic carbocycles. The van der Waals surface area contributed by atoms with Gasteiger partial charge in [-0.05, 0) is 38.1 Å². The average molecular weight is 360 g/mol. The maximum Gasteiger partial charge on any atom is 0.437 e. The monoisotopic (exact) mass is 359 g/mol. The highest BCUT2D eigenvalue weighted by atomic mass is 35.5. The number of rotatable bonds is 7. The Kier molecular flexibility index (Phi) is 7.72. The van der Waals surface area contributed by atoms with E-state index in [4.69, 9.17) is 25.9 Å². The molecule has 0 saturated carbocycles. The molecule has 8 nitrogen and oxygen atoms in total. The molecule has 0 saturated heterocycles. The molecule has 0 aliphatic carbocycles. The van der Waals surface area contributed by atoms with E-state index in [0.29, 0.717) is 10.7 Å². The van der Waals surface area contributed by atoms with E-state index >= 15 is 0 Å². The van der Waals surface area contributed by atoms with Gasteiger partial charge in [0.2, 0.25) is 0 Å². The first kappa shape index (κ1) is 19.1. The Balaban J connectivity index is 2.78. The van der Waals surface area contributed by atoms with Gasteiger partial charge in [0.15, 0.2) is 0 Å². The van der Waals surface area contributed by atoms with Gasteiger partial charge in [-0.3, -0.25) is 14.7 Å². The van der Waals surface area contributed by atoms with E-state index < -0.39 is 19.1 Å². The number of carbonyl (C=O) groups is 1. The van der Waals surface area contributed by atoms with Crippen LogP contribution < -0.4 is 5.32 Å². The molecule has 0 fully saturated rings.